The third-order valence-corrected chi connectivity index (χ3v) is 4.69. The lowest BCUT2D eigenvalue weighted by atomic mass is 9.93. The second-order valence-corrected chi connectivity index (χ2v) is 7.53. The van der Waals surface area contributed by atoms with E-state index in [1.807, 2.05) is 0 Å². The molecule has 1 amide bonds. The van der Waals surface area contributed by atoms with Gasteiger partial charge in [-0.15, -0.1) is 0 Å². The first kappa shape index (κ1) is 17.9. The third-order valence-electron chi connectivity index (χ3n) is 3.61. The number of carbonyl (C=O) groups is 2. The molecule has 0 aliphatic carbocycles. The van der Waals surface area contributed by atoms with Crippen LogP contribution in [-0.4, -0.2) is 48.3 Å². The van der Waals surface area contributed by atoms with Crippen molar-refractivity contribution in [2.24, 2.45) is 11.1 Å². The van der Waals surface area contributed by atoms with E-state index in [0.29, 0.717) is 19.3 Å². The summed E-state index contributed by atoms with van der Waals surface area (Å²) in [7, 11) is -3.69. The van der Waals surface area contributed by atoms with E-state index in [9.17, 15) is 18.0 Å². The molecule has 0 saturated carbocycles. The van der Waals surface area contributed by atoms with Gasteiger partial charge in [-0.1, -0.05) is 0 Å². The molecule has 0 aromatic rings. The average Bonchev–Trinajstić information content (AvgIpc) is 2.35. The summed E-state index contributed by atoms with van der Waals surface area (Å²) in [4.78, 5) is 22.7. The van der Waals surface area contributed by atoms with E-state index in [2.05, 4.69) is 5.32 Å². The van der Waals surface area contributed by atoms with E-state index in [1.165, 1.54) is 0 Å². The summed E-state index contributed by atoms with van der Waals surface area (Å²) in [6.07, 6.45) is 1.15. The number of piperidine rings is 1. The van der Waals surface area contributed by atoms with Crippen molar-refractivity contribution >= 4 is 22.1 Å². The Morgan fingerprint density at radius 3 is 2.29 bits per heavy atom. The van der Waals surface area contributed by atoms with Crippen LogP contribution in [0.1, 0.15) is 39.5 Å². The number of hydrogen-bond donors (Lipinski definition) is 3. The lowest BCUT2D eigenvalue weighted by Gasteiger charge is -2.32. The number of aliphatic carboxylic acids is 1. The normalized spacial score (nSPS) is 18.4. The van der Waals surface area contributed by atoms with Gasteiger partial charge in [-0.05, 0) is 33.1 Å². The molecule has 1 saturated heterocycles. The van der Waals surface area contributed by atoms with Gasteiger partial charge < -0.3 is 10.4 Å². The largest absolute Gasteiger partial charge is 0.481 e. The van der Waals surface area contributed by atoms with Gasteiger partial charge in [0.25, 0.3) is 10.2 Å². The Hall–Kier alpha value is -1.19. The summed E-state index contributed by atoms with van der Waals surface area (Å²) >= 11 is 0. The predicted octanol–water partition coefficient (Wildman–Crippen LogP) is -0.338. The molecule has 0 radical (unpaired) electrons. The summed E-state index contributed by atoms with van der Waals surface area (Å²) in [6.45, 7) is 4.00. The molecule has 21 heavy (non-hydrogen) atoms. The minimum Gasteiger partial charge on any atom is -0.481 e. The molecule has 1 aliphatic heterocycles. The Labute approximate surface area is 124 Å². The second kappa shape index (κ2) is 6.71. The number of rotatable bonds is 6. The van der Waals surface area contributed by atoms with Crippen LogP contribution in [0.4, 0.5) is 0 Å². The molecule has 4 N–H and O–H groups in total. The molecule has 0 atom stereocenters. The number of amides is 1. The van der Waals surface area contributed by atoms with E-state index < -0.39 is 21.7 Å². The van der Waals surface area contributed by atoms with Gasteiger partial charge in [0.1, 0.15) is 0 Å². The summed E-state index contributed by atoms with van der Waals surface area (Å²) in [5, 5.41) is 16.6. The van der Waals surface area contributed by atoms with Crippen molar-refractivity contribution in [2.45, 2.75) is 45.1 Å². The van der Waals surface area contributed by atoms with Crippen molar-refractivity contribution in [1.29, 1.82) is 0 Å². The molecular weight excluding hydrogens is 298 g/mol. The molecular formula is C12H23N3O5S. The molecule has 8 nitrogen and oxygen atoms in total. The fourth-order valence-electron chi connectivity index (χ4n) is 2.29. The van der Waals surface area contributed by atoms with Gasteiger partial charge in [-0.25, -0.2) is 5.14 Å². The van der Waals surface area contributed by atoms with Crippen molar-refractivity contribution in [1.82, 2.24) is 9.62 Å². The van der Waals surface area contributed by atoms with Crippen molar-refractivity contribution in [3.8, 4) is 0 Å². The average molecular weight is 321 g/mol. The first-order chi connectivity index (χ1) is 9.51. The summed E-state index contributed by atoms with van der Waals surface area (Å²) in [5.74, 6) is -1.34. The lowest BCUT2D eigenvalue weighted by molar-refractivity contribution is -0.138. The summed E-state index contributed by atoms with van der Waals surface area (Å²) in [6, 6.07) is 0. The molecule has 1 aliphatic rings. The standard InChI is InChI=1S/C12H23N3O5S/c1-12(2,6-3-10(16)17)14-11(18)9-4-7-15(8-5-9)21(13,19)20/h9H,3-8H2,1-2H3,(H,14,18)(H,16,17)(H2,13,19,20). The van der Waals surface area contributed by atoms with Crippen molar-refractivity contribution in [3.05, 3.63) is 0 Å². The van der Waals surface area contributed by atoms with E-state index in [-0.39, 0.29) is 31.3 Å². The Kier molecular flexibility index (Phi) is 5.71. The maximum atomic E-state index is 12.2. The van der Waals surface area contributed by atoms with Crippen LogP contribution in [-0.2, 0) is 19.8 Å². The topological polar surface area (TPSA) is 130 Å². The van der Waals surface area contributed by atoms with Crippen LogP contribution in [0.2, 0.25) is 0 Å². The van der Waals surface area contributed by atoms with Gasteiger partial charge in [-0.2, -0.15) is 12.7 Å². The molecule has 0 aromatic carbocycles. The number of carboxylic acid groups (broad SMARTS) is 1. The van der Waals surface area contributed by atoms with Crippen LogP contribution in [0.5, 0.6) is 0 Å². The van der Waals surface area contributed by atoms with Gasteiger partial charge in [-0.3, -0.25) is 9.59 Å². The Morgan fingerprint density at radius 1 is 1.33 bits per heavy atom. The zero-order valence-corrected chi connectivity index (χ0v) is 13.1. The van der Waals surface area contributed by atoms with E-state index in [1.54, 1.807) is 13.8 Å². The fourth-order valence-corrected chi connectivity index (χ4v) is 3.01. The highest BCUT2D eigenvalue weighted by Crippen LogP contribution is 2.20. The SMILES string of the molecule is CC(C)(CCC(=O)O)NC(=O)C1CCN(S(N)(=O)=O)CC1. The van der Waals surface area contributed by atoms with Gasteiger partial charge in [0.15, 0.2) is 0 Å². The maximum Gasteiger partial charge on any atom is 0.303 e. The second-order valence-electron chi connectivity index (χ2n) is 5.99. The number of carbonyl (C=O) groups excluding carboxylic acids is 1. The highest BCUT2D eigenvalue weighted by Gasteiger charge is 2.31. The molecule has 0 bridgehead atoms. The molecule has 9 heteroatoms. The number of nitrogens with two attached hydrogens (primary N) is 1. The van der Waals surface area contributed by atoms with Crippen molar-refractivity contribution in [3.63, 3.8) is 0 Å². The number of nitrogens with one attached hydrogen (secondary N) is 1. The zero-order chi connectivity index (χ0) is 16.3. The zero-order valence-electron chi connectivity index (χ0n) is 12.3. The molecule has 0 aromatic heterocycles. The molecule has 1 rings (SSSR count). The van der Waals surface area contributed by atoms with Crippen LogP contribution in [0.15, 0.2) is 0 Å². The summed E-state index contributed by atoms with van der Waals surface area (Å²) < 4.78 is 23.5. The van der Waals surface area contributed by atoms with Crippen LogP contribution in [0.25, 0.3) is 0 Å². The van der Waals surface area contributed by atoms with Crippen LogP contribution in [0, 0.1) is 5.92 Å². The third kappa shape index (κ3) is 5.98. The highest BCUT2D eigenvalue weighted by atomic mass is 32.2. The fraction of sp³-hybridized carbons (Fsp3) is 0.833. The van der Waals surface area contributed by atoms with Crippen LogP contribution < -0.4 is 10.5 Å². The number of nitrogens with zero attached hydrogens (tertiary/aromatic N) is 1. The monoisotopic (exact) mass is 321 g/mol. The van der Waals surface area contributed by atoms with Crippen LogP contribution >= 0.6 is 0 Å². The predicted molar refractivity (Wildman–Crippen MR) is 76.5 cm³/mol. The molecule has 0 unspecified atom stereocenters. The van der Waals surface area contributed by atoms with Crippen LogP contribution in [0.3, 0.4) is 0 Å². The maximum absolute atomic E-state index is 12.2. The molecule has 0 spiro atoms. The first-order valence-electron chi connectivity index (χ1n) is 6.83. The quantitative estimate of drug-likeness (QED) is 0.616. The van der Waals surface area contributed by atoms with E-state index >= 15 is 0 Å². The van der Waals surface area contributed by atoms with E-state index in [0.717, 1.165) is 4.31 Å². The molecule has 1 fully saturated rings. The molecule has 1 heterocycles. The van der Waals surface area contributed by atoms with Gasteiger partial charge in [0.2, 0.25) is 5.91 Å². The highest BCUT2D eigenvalue weighted by molar-refractivity contribution is 7.86. The smallest absolute Gasteiger partial charge is 0.303 e. The first-order valence-corrected chi connectivity index (χ1v) is 8.33. The number of carboxylic acids is 1. The van der Waals surface area contributed by atoms with Gasteiger partial charge in [0.05, 0.1) is 0 Å². The Balaban J connectivity index is 2.49. The Bertz CT molecular complexity index is 495. The number of hydrogen-bond acceptors (Lipinski definition) is 4. The Morgan fingerprint density at radius 2 is 1.86 bits per heavy atom. The summed E-state index contributed by atoms with van der Waals surface area (Å²) in [5.41, 5.74) is -0.605. The van der Waals surface area contributed by atoms with Gasteiger partial charge in [0, 0.05) is 31.0 Å². The minimum absolute atomic E-state index is 0.0167. The molecule has 122 valence electrons. The van der Waals surface area contributed by atoms with Gasteiger partial charge >= 0.3 is 5.97 Å². The van der Waals surface area contributed by atoms with Crippen molar-refractivity contribution in [2.75, 3.05) is 13.1 Å². The van der Waals surface area contributed by atoms with Crippen molar-refractivity contribution < 1.29 is 23.1 Å². The lowest BCUT2D eigenvalue weighted by Crippen LogP contribution is -2.50. The minimum atomic E-state index is -3.69. The van der Waals surface area contributed by atoms with E-state index in [4.69, 9.17) is 10.2 Å².